The molecule has 1 aliphatic heterocycles. The van der Waals surface area contributed by atoms with Crippen molar-refractivity contribution >= 4 is 46.4 Å². The highest BCUT2D eigenvalue weighted by atomic mass is 35.5. The van der Waals surface area contributed by atoms with E-state index in [9.17, 15) is 4.79 Å². The molecule has 1 fully saturated rings. The third kappa shape index (κ3) is 5.97. The molecule has 1 aliphatic rings. The Balaban J connectivity index is 1.27. The van der Waals surface area contributed by atoms with Crippen LogP contribution in [-0.2, 0) is 6.54 Å². The Morgan fingerprint density at radius 2 is 1.71 bits per heavy atom. The number of carbonyl (C=O) groups is 1. The second-order valence-corrected chi connectivity index (χ2v) is 10.0. The lowest BCUT2D eigenvalue weighted by Crippen LogP contribution is -2.47. The number of halogens is 3. The van der Waals surface area contributed by atoms with Crippen molar-refractivity contribution in [1.29, 1.82) is 0 Å². The SMILES string of the molecule is CCn1c(-c2ccc(Cl)cc2)cc(C(=O)NCCCN2CCN(c3cccc(Cl)c3Cl)CC2)c1C. The lowest BCUT2D eigenvalue weighted by molar-refractivity contribution is 0.0950. The summed E-state index contributed by atoms with van der Waals surface area (Å²) >= 11 is 18.6. The monoisotopic (exact) mass is 532 g/mol. The minimum atomic E-state index is -0.0228. The lowest BCUT2D eigenvalue weighted by Gasteiger charge is -2.36. The molecule has 2 aromatic carbocycles. The molecule has 186 valence electrons. The molecule has 0 saturated carbocycles. The van der Waals surface area contributed by atoms with Gasteiger partial charge in [0, 0.05) is 55.7 Å². The highest BCUT2D eigenvalue weighted by molar-refractivity contribution is 6.43. The van der Waals surface area contributed by atoms with E-state index < -0.39 is 0 Å². The second kappa shape index (κ2) is 11.7. The molecule has 5 nitrogen and oxygen atoms in total. The van der Waals surface area contributed by atoms with Gasteiger partial charge in [0.2, 0.25) is 0 Å². The van der Waals surface area contributed by atoms with Crippen molar-refractivity contribution in [2.24, 2.45) is 0 Å². The van der Waals surface area contributed by atoms with Gasteiger partial charge in [0.05, 0.1) is 21.3 Å². The topological polar surface area (TPSA) is 40.5 Å². The molecule has 1 amide bonds. The maximum atomic E-state index is 13.0. The molecule has 0 radical (unpaired) electrons. The molecule has 35 heavy (non-hydrogen) atoms. The molecule has 2 heterocycles. The van der Waals surface area contributed by atoms with Crippen molar-refractivity contribution in [2.45, 2.75) is 26.8 Å². The van der Waals surface area contributed by atoms with Gasteiger partial charge in [-0.3, -0.25) is 9.69 Å². The first-order valence-electron chi connectivity index (χ1n) is 12.0. The number of carbonyl (C=O) groups excluding carboxylic acids is 1. The van der Waals surface area contributed by atoms with Crippen LogP contribution in [0.2, 0.25) is 15.1 Å². The first-order valence-corrected chi connectivity index (χ1v) is 13.2. The third-order valence-corrected chi connectivity index (χ3v) is 7.71. The molecule has 8 heteroatoms. The highest BCUT2D eigenvalue weighted by Crippen LogP contribution is 2.33. The predicted molar refractivity (Wildman–Crippen MR) is 147 cm³/mol. The van der Waals surface area contributed by atoms with Crippen LogP contribution in [0.1, 0.15) is 29.4 Å². The zero-order valence-corrected chi connectivity index (χ0v) is 22.4. The molecule has 0 aliphatic carbocycles. The van der Waals surface area contributed by atoms with Gasteiger partial charge in [-0.2, -0.15) is 0 Å². The van der Waals surface area contributed by atoms with Gasteiger partial charge in [-0.25, -0.2) is 0 Å². The number of benzene rings is 2. The highest BCUT2D eigenvalue weighted by Gasteiger charge is 2.20. The average molecular weight is 534 g/mol. The number of amides is 1. The number of hydrogen-bond donors (Lipinski definition) is 1. The maximum absolute atomic E-state index is 13.0. The summed E-state index contributed by atoms with van der Waals surface area (Å²) in [7, 11) is 0. The van der Waals surface area contributed by atoms with Crippen molar-refractivity contribution < 1.29 is 4.79 Å². The van der Waals surface area contributed by atoms with Crippen LogP contribution in [0, 0.1) is 6.92 Å². The van der Waals surface area contributed by atoms with Crippen molar-refractivity contribution in [3.8, 4) is 11.3 Å². The van der Waals surface area contributed by atoms with E-state index in [-0.39, 0.29) is 5.91 Å². The second-order valence-electron chi connectivity index (χ2n) is 8.79. The van der Waals surface area contributed by atoms with Gasteiger partial charge in [0.25, 0.3) is 5.91 Å². The average Bonchev–Trinajstić information content (AvgIpc) is 3.20. The van der Waals surface area contributed by atoms with Crippen LogP contribution in [0.5, 0.6) is 0 Å². The van der Waals surface area contributed by atoms with Crippen molar-refractivity contribution in [3.05, 3.63) is 74.9 Å². The molecule has 0 bridgehead atoms. The van der Waals surface area contributed by atoms with E-state index in [4.69, 9.17) is 34.8 Å². The van der Waals surface area contributed by atoms with Crippen LogP contribution in [0.3, 0.4) is 0 Å². The van der Waals surface area contributed by atoms with Gasteiger partial charge in [0.15, 0.2) is 0 Å². The van der Waals surface area contributed by atoms with Crippen LogP contribution < -0.4 is 10.2 Å². The summed E-state index contributed by atoms with van der Waals surface area (Å²) in [5, 5.41) is 5.02. The van der Waals surface area contributed by atoms with Crippen LogP contribution in [0.25, 0.3) is 11.3 Å². The molecule has 1 N–H and O–H groups in total. The standard InChI is InChI=1S/C27H31Cl3N4O/c1-3-34-19(2)22(18-25(34)20-8-10-21(28)11-9-20)27(35)31-12-5-13-32-14-16-33(17-15-32)24-7-4-6-23(29)26(24)30/h4,6-11,18H,3,5,12-17H2,1-2H3,(H,31,35). The Morgan fingerprint density at radius 3 is 2.40 bits per heavy atom. The van der Waals surface area contributed by atoms with Crippen molar-refractivity contribution in [3.63, 3.8) is 0 Å². The fraction of sp³-hybridized carbons (Fsp3) is 0.370. The van der Waals surface area contributed by atoms with Gasteiger partial charge < -0.3 is 14.8 Å². The molecule has 0 atom stereocenters. The minimum absolute atomic E-state index is 0.0228. The number of piperazine rings is 1. The molecular weight excluding hydrogens is 503 g/mol. The summed E-state index contributed by atoms with van der Waals surface area (Å²) in [6, 6.07) is 15.5. The molecular formula is C27H31Cl3N4O. The Hall–Kier alpha value is -2.18. The first kappa shape index (κ1) is 25.9. The number of nitrogens with one attached hydrogen (secondary N) is 1. The summed E-state index contributed by atoms with van der Waals surface area (Å²) < 4.78 is 2.17. The van der Waals surface area contributed by atoms with Crippen LogP contribution >= 0.6 is 34.8 Å². The third-order valence-electron chi connectivity index (χ3n) is 6.65. The summed E-state index contributed by atoms with van der Waals surface area (Å²) in [5.41, 5.74) is 4.79. The van der Waals surface area contributed by atoms with E-state index in [1.54, 1.807) is 0 Å². The van der Waals surface area contributed by atoms with Crippen LogP contribution in [0.4, 0.5) is 5.69 Å². The smallest absolute Gasteiger partial charge is 0.253 e. The van der Waals surface area contributed by atoms with Gasteiger partial charge in [0.1, 0.15) is 0 Å². The normalized spacial score (nSPS) is 14.4. The fourth-order valence-electron chi connectivity index (χ4n) is 4.69. The van der Waals surface area contributed by atoms with E-state index in [1.165, 1.54) is 0 Å². The Morgan fingerprint density at radius 1 is 1.00 bits per heavy atom. The van der Waals surface area contributed by atoms with Gasteiger partial charge in [-0.15, -0.1) is 0 Å². The number of aromatic nitrogens is 1. The van der Waals surface area contributed by atoms with E-state index in [0.717, 1.165) is 73.9 Å². The van der Waals surface area contributed by atoms with E-state index in [0.29, 0.717) is 21.6 Å². The van der Waals surface area contributed by atoms with Crippen molar-refractivity contribution in [2.75, 3.05) is 44.2 Å². The number of hydrogen-bond acceptors (Lipinski definition) is 3. The molecule has 1 saturated heterocycles. The maximum Gasteiger partial charge on any atom is 0.253 e. The lowest BCUT2D eigenvalue weighted by atomic mass is 10.1. The Bertz CT molecular complexity index is 1170. The zero-order valence-electron chi connectivity index (χ0n) is 20.2. The Kier molecular flexibility index (Phi) is 8.66. The summed E-state index contributed by atoms with van der Waals surface area (Å²) in [5.74, 6) is -0.0228. The number of nitrogens with zero attached hydrogens (tertiary/aromatic N) is 3. The molecule has 4 rings (SSSR count). The summed E-state index contributed by atoms with van der Waals surface area (Å²) in [4.78, 5) is 17.7. The summed E-state index contributed by atoms with van der Waals surface area (Å²) in [6.45, 7) is 10.2. The minimum Gasteiger partial charge on any atom is -0.368 e. The van der Waals surface area contributed by atoms with Crippen LogP contribution in [-0.4, -0.2) is 54.6 Å². The first-order chi connectivity index (χ1) is 16.9. The largest absolute Gasteiger partial charge is 0.368 e. The van der Waals surface area contributed by atoms with E-state index in [2.05, 4.69) is 26.6 Å². The summed E-state index contributed by atoms with van der Waals surface area (Å²) in [6.07, 6.45) is 0.904. The van der Waals surface area contributed by atoms with Gasteiger partial charge in [-0.05, 0) is 62.7 Å². The quantitative estimate of drug-likeness (QED) is 0.341. The Labute approximate surface area is 222 Å². The van der Waals surface area contributed by atoms with E-state index in [1.807, 2.05) is 55.5 Å². The molecule has 0 spiro atoms. The zero-order chi connectivity index (χ0) is 24.9. The molecule has 0 unspecified atom stereocenters. The number of anilines is 1. The molecule has 1 aromatic heterocycles. The fourth-order valence-corrected chi connectivity index (χ4v) is 5.23. The predicted octanol–water partition coefficient (Wildman–Crippen LogP) is 6.39. The van der Waals surface area contributed by atoms with Crippen LogP contribution in [0.15, 0.2) is 48.5 Å². The van der Waals surface area contributed by atoms with E-state index >= 15 is 0 Å². The molecule has 3 aromatic rings. The van der Waals surface area contributed by atoms with Gasteiger partial charge >= 0.3 is 0 Å². The number of rotatable bonds is 8. The van der Waals surface area contributed by atoms with Crippen molar-refractivity contribution in [1.82, 2.24) is 14.8 Å². The van der Waals surface area contributed by atoms with Gasteiger partial charge in [-0.1, -0.05) is 53.0 Å².